The van der Waals surface area contributed by atoms with Crippen molar-refractivity contribution >= 4 is 15.9 Å². The molecule has 0 aromatic heterocycles. The molecule has 1 aromatic rings. The van der Waals surface area contributed by atoms with E-state index < -0.39 is 0 Å². The van der Waals surface area contributed by atoms with Crippen molar-refractivity contribution in [2.45, 2.75) is 13.0 Å². The summed E-state index contributed by atoms with van der Waals surface area (Å²) in [6.45, 7) is -0.184. The molecular weight excluding hydrogens is 244 g/mol. The van der Waals surface area contributed by atoms with Crippen LogP contribution in [0.5, 0.6) is 0 Å². The fourth-order valence-corrected chi connectivity index (χ4v) is 1.78. The molecule has 0 spiro atoms. The lowest BCUT2D eigenvalue weighted by Crippen LogP contribution is -1.94. The van der Waals surface area contributed by atoms with E-state index in [4.69, 9.17) is 15.6 Å². The second kappa shape index (κ2) is 4.76. The summed E-state index contributed by atoms with van der Waals surface area (Å²) in [5.74, 6) is 0. The summed E-state index contributed by atoms with van der Waals surface area (Å²) < 4.78 is 0.671. The maximum absolute atomic E-state index is 9.01. The van der Waals surface area contributed by atoms with Gasteiger partial charge in [-0.25, -0.2) is 0 Å². The van der Waals surface area contributed by atoms with Gasteiger partial charge in [0.25, 0.3) is 0 Å². The van der Waals surface area contributed by atoms with Crippen LogP contribution in [0, 0.1) is 22.7 Å². The molecule has 0 aliphatic carbocycles. The van der Waals surface area contributed by atoms with Gasteiger partial charge in [-0.3, -0.25) is 0 Å². The molecule has 0 fully saturated rings. The minimum absolute atomic E-state index is 0.184. The van der Waals surface area contributed by atoms with E-state index in [0.717, 1.165) is 5.56 Å². The maximum Gasteiger partial charge on any atom is 0.0995 e. The van der Waals surface area contributed by atoms with Crippen molar-refractivity contribution in [3.63, 3.8) is 0 Å². The normalized spacial score (nSPS) is 9.14. The number of halogens is 1. The molecule has 1 N–H and O–H groups in total. The van der Waals surface area contributed by atoms with Crippen molar-refractivity contribution in [2.75, 3.05) is 0 Å². The van der Waals surface area contributed by atoms with Crippen molar-refractivity contribution in [1.82, 2.24) is 0 Å². The average molecular weight is 251 g/mol. The van der Waals surface area contributed by atoms with Gasteiger partial charge in [-0.05, 0) is 17.7 Å². The lowest BCUT2D eigenvalue weighted by molar-refractivity contribution is 0.280. The molecule has 3 nitrogen and oxygen atoms in total. The van der Waals surface area contributed by atoms with Crippen LogP contribution in [0.25, 0.3) is 0 Å². The Labute approximate surface area is 90.3 Å². The Morgan fingerprint density at radius 3 is 2.57 bits per heavy atom. The van der Waals surface area contributed by atoms with Gasteiger partial charge in [-0.2, -0.15) is 10.5 Å². The topological polar surface area (TPSA) is 67.8 Å². The molecule has 0 radical (unpaired) electrons. The van der Waals surface area contributed by atoms with Crippen molar-refractivity contribution in [2.24, 2.45) is 0 Å². The Balaban J connectivity index is 3.27. The van der Waals surface area contributed by atoms with Crippen LogP contribution in [0.15, 0.2) is 16.6 Å². The second-order valence-corrected chi connectivity index (χ2v) is 3.56. The second-order valence-electron chi connectivity index (χ2n) is 2.71. The Morgan fingerprint density at radius 1 is 1.36 bits per heavy atom. The third-order valence-corrected chi connectivity index (χ3v) is 2.52. The van der Waals surface area contributed by atoms with Crippen LogP contribution in [-0.4, -0.2) is 5.11 Å². The molecule has 0 unspecified atom stereocenters. The van der Waals surface area contributed by atoms with Gasteiger partial charge in [0.05, 0.1) is 30.7 Å². The molecule has 0 saturated heterocycles. The number of hydrogen-bond acceptors (Lipinski definition) is 3. The van der Waals surface area contributed by atoms with Crippen LogP contribution < -0.4 is 0 Å². The number of nitriles is 2. The highest BCUT2D eigenvalue weighted by atomic mass is 79.9. The highest BCUT2D eigenvalue weighted by Gasteiger charge is 2.07. The lowest BCUT2D eigenvalue weighted by Gasteiger charge is -2.05. The predicted octanol–water partition coefficient (Wildman–Crippen LogP) is 1.88. The molecule has 0 amide bonds. The van der Waals surface area contributed by atoms with Crippen LogP contribution in [-0.2, 0) is 13.0 Å². The number of aliphatic hydroxyl groups is 1. The smallest absolute Gasteiger partial charge is 0.0995 e. The Kier molecular flexibility index (Phi) is 3.64. The van der Waals surface area contributed by atoms with Crippen molar-refractivity contribution in [1.29, 1.82) is 10.5 Å². The van der Waals surface area contributed by atoms with Crippen LogP contribution in [0.3, 0.4) is 0 Å². The standard InChI is InChI=1S/C10H7BrN2O/c11-10-4-7(1-2-12)3-8(5-13)9(10)6-14/h3-4,14H,1,6H2. The Hall–Kier alpha value is -1.36. The summed E-state index contributed by atoms with van der Waals surface area (Å²) in [6.07, 6.45) is 0.263. The Morgan fingerprint density at radius 2 is 2.07 bits per heavy atom. The fourth-order valence-electron chi connectivity index (χ4n) is 1.15. The van der Waals surface area contributed by atoms with Crippen LogP contribution in [0.2, 0.25) is 0 Å². The van der Waals surface area contributed by atoms with E-state index in [9.17, 15) is 0 Å². The maximum atomic E-state index is 9.01. The van der Waals surface area contributed by atoms with E-state index in [1.165, 1.54) is 0 Å². The monoisotopic (exact) mass is 250 g/mol. The third kappa shape index (κ3) is 2.11. The van der Waals surface area contributed by atoms with Gasteiger partial charge < -0.3 is 5.11 Å². The van der Waals surface area contributed by atoms with E-state index in [2.05, 4.69) is 15.9 Å². The lowest BCUT2D eigenvalue weighted by atomic mass is 10.0. The molecule has 0 bridgehead atoms. The number of hydrogen-bond donors (Lipinski definition) is 1. The van der Waals surface area contributed by atoms with Gasteiger partial charge in [-0.15, -0.1) is 0 Å². The zero-order chi connectivity index (χ0) is 10.6. The van der Waals surface area contributed by atoms with Gasteiger partial charge in [0.15, 0.2) is 0 Å². The molecule has 1 aromatic carbocycles. The van der Waals surface area contributed by atoms with Crippen LogP contribution in [0.4, 0.5) is 0 Å². The third-order valence-electron chi connectivity index (χ3n) is 1.82. The fraction of sp³-hybridized carbons (Fsp3) is 0.200. The molecule has 70 valence electrons. The molecule has 0 aliphatic heterocycles. The van der Waals surface area contributed by atoms with Crippen LogP contribution in [0.1, 0.15) is 16.7 Å². The van der Waals surface area contributed by atoms with E-state index in [1.54, 1.807) is 12.1 Å². The predicted molar refractivity (Wildman–Crippen MR) is 54.1 cm³/mol. The van der Waals surface area contributed by atoms with Gasteiger partial charge in [0.2, 0.25) is 0 Å². The summed E-state index contributed by atoms with van der Waals surface area (Å²) in [6, 6.07) is 7.36. The summed E-state index contributed by atoms with van der Waals surface area (Å²) in [7, 11) is 0. The molecule has 0 aliphatic rings. The van der Waals surface area contributed by atoms with E-state index in [1.807, 2.05) is 12.1 Å². The quantitative estimate of drug-likeness (QED) is 0.872. The average Bonchev–Trinajstić information content (AvgIpc) is 2.17. The van der Waals surface area contributed by atoms with Gasteiger partial charge in [0.1, 0.15) is 0 Å². The van der Waals surface area contributed by atoms with Crippen molar-refractivity contribution < 1.29 is 5.11 Å². The number of nitrogens with zero attached hydrogens (tertiary/aromatic N) is 2. The first kappa shape index (κ1) is 10.7. The summed E-state index contributed by atoms with van der Waals surface area (Å²) in [5.41, 5.74) is 1.74. The van der Waals surface area contributed by atoms with Gasteiger partial charge in [0, 0.05) is 10.0 Å². The molecular formula is C10H7BrN2O. The molecule has 0 heterocycles. The number of benzene rings is 1. The molecule has 14 heavy (non-hydrogen) atoms. The zero-order valence-corrected chi connectivity index (χ0v) is 8.87. The highest BCUT2D eigenvalue weighted by molar-refractivity contribution is 9.10. The summed E-state index contributed by atoms with van der Waals surface area (Å²) in [4.78, 5) is 0. The molecule has 1 rings (SSSR count). The van der Waals surface area contributed by atoms with Gasteiger partial charge >= 0.3 is 0 Å². The highest BCUT2D eigenvalue weighted by Crippen LogP contribution is 2.23. The Bertz CT molecular complexity index is 429. The van der Waals surface area contributed by atoms with Gasteiger partial charge in [-0.1, -0.05) is 15.9 Å². The molecule has 0 saturated carbocycles. The van der Waals surface area contributed by atoms with E-state index in [0.29, 0.717) is 15.6 Å². The minimum Gasteiger partial charge on any atom is -0.392 e. The first-order valence-corrected chi connectivity index (χ1v) is 4.71. The zero-order valence-electron chi connectivity index (χ0n) is 7.29. The summed E-state index contributed by atoms with van der Waals surface area (Å²) >= 11 is 3.25. The molecule has 0 atom stereocenters. The largest absolute Gasteiger partial charge is 0.392 e. The molecule has 4 heteroatoms. The summed E-state index contributed by atoms with van der Waals surface area (Å²) in [5, 5.41) is 26.3. The number of rotatable bonds is 2. The van der Waals surface area contributed by atoms with E-state index >= 15 is 0 Å². The van der Waals surface area contributed by atoms with Crippen LogP contribution >= 0.6 is 15.9 Å². The van der Waals surface area contributed by atoms with E-state index in [-0.39, 0.29) is 13.0 Å². The first-order chi connectivity index (χ1) is 6.72. The first-order valence-electron chi connectivity index (χ1n) is 3.92. The number of aliphatic hydroxyl groups excluding tert-OH is 1. The van der Waals surface area contributed by atoms with Crippen molar-refractivity contribution in [3.05, 3.63) is 33.3 Å². The minimum atomic E-state index is -0.184. The SMILES string of the molecule is N#CCc1cc(Br)c(CO)c(C#N)c1. The van der Waals surface area contributed by atoms with Crippen molar-refractivity contribution in [3.8, 4) is 12.1 Å².